The number of sulfonamides is 1. The van der Waals surface area contributed by atoms with Gasteiger partial charge in [-0.25, -0.2) is 17.2 Å². The maximum absolute atomic E-state index is 13.8. The molecular weight excluding hydrogens is 578 g/mol. The molecule has 2 N–H and O–H groups in total. The zero-order chi connectivity index (χ0) is 30.1. The van der Waals surface area contributed by atoms with Crippen molar-refractivity contribution in [1.82, 2.24) is 19.4 Å². The first kappa shape index (κ1) is 29.7. The van der Waals surface area contributed by atoms with E-state index in [1.807, 2.05) is 18.2 Å². The summed E-state index contributed by atoms with van der Waals surface area (Å²) in [5.41, 5.74) is 4.21. The Balaban J connectivity index is 1.24. The highest BCUT2D eigenvalue weighted by molar-refractivity contribution is 7.89. The molecule has 2 fully saturated rings. The highest BCUT2D eigenvalue weighted by Gasteiger charge is 2.32. The summed E-state index contributed by atoms with van der Waals surface area (Å²) < 4.78 is 60.9. The molecule has 0 atom stereocenters. The average molecular weight is 615 g/mol. The van der Waals surface area contributed by atoms with Crippen LogP contribution in [0.15, 0.2) is 41.3 Å². The van der Waals surface area contributed by atoms with Gasteiger partial charge in [0.05, 0.1) is 30.2 Å². The number of halogens is 2. The molecular formula is C30H36F2N6O4S. The lowest BCUT2D eigenvalue weighted by Gasteiger charge is -2.32. The van der Waals surface area contributed by atoms with Gasteiger partial charge in [-0.2, -0.15) is 9.40 Å². The molecule has 3 aliphatic heterocycles. The van der Waals surface area contributed by atoms with Crippen LogP contribution in [0.2, 0.25) is 0 Å². The minimum Gasteiger partial charge on any atom is -0.382 e. The lowest BCUT2D eigenvalue weighted by Crippen LogP contribution is -2.37. The standard InChI is InChI=1S/C30H36F2N6O4S/c1-36-7-4-22(5-8-36)33-28-17-23(37-10-12-42-13-11-37)2-3-25(28)30(39)18-29-26-19-38(9-6-27(26)34-35-29)43(40,41)24-15-20(31)14-21(32)16-24/h2-3,14-17,22,33H,4-13,18-19H2,1H3,(H,34,35). The summed E-state index contributed by atoms with van der Waals surface area (Å²) in [4.78, 5) is 17.9. The Morgan fingerprint density at radius 3 is 2.49 bits per heavy atom. The number of anilines is 2. The Labute approximate surface area is 250 Å². The maximum atomic E-state index is 13.8. The molecule has 3 aromatic rings. The summed E-state index contributed by atoms with van der Waals surface area (Å²) in [7, 11) is -2.06. The summed E-state index contributed by atoms with van der Waals surface area (Å²) in [5, 5.41) is 11.0. The number of ketones is 1. The third-order valence-corrected chi connectivity index (χ3v) is 10.4. The minimum absolute atomic E-state index is 0.0205. The van der Waals surface area contributed by atoms with E-state index in [-0.39, 0.29) is 31.3 Å². The monoisotopic (exact) mass is 614 g/mol. The average Bonchev–Trinajstić information content (AvgIpc) is 3.40. The largest absolute Gasteiger partial charge is 0.382 e. The van der Waals surface area contributed by atoms with E-state index in [1.54, 1.807) is 0 Å². The molecule has 2 aromatic carbocycles. The molecule has 13 heteroatoms. The summed E-state index contributed by atoms with van der Waals surface area (Å²) in [6, 6.07) is 8.37. The molecule has 0 amide bonds. The molecule has 230 valence electrons. The van der Waals surface area contributed by atoms with Gasteiger partial charge in [-0.3, -0.25) is 9.89 Å². The topological polar surface area (TPSA) is 111 Å². The van der Waals surface area contributed by atoms with Crippen LogP contribution in [-0.4, -0.2) is 92.6 Å². The highest BCUT2D eigenvalue weighted by atomic mass is 32.2. The van der Waals surface area contributed by atoms with E-state index in [9.17, 15) is 22.0 Å². The van der Waals surface area contributed by atoms with Gasteiger partial charge in [0.15, 0.2) is 5.78 Å². The van der Waals surface area contributed by atoms with Crippen molar-refractivity contribution in [2.75, 3.05) is 63.2 Å². The predicted molar refractivity (Wildman–Crippen MR) is 158 cm³/mol. The number of benzene rings is 2. The van der Waals surface area contributed by atoms with Gasteiger partial charge in [-0.15, -0.1) is 0 Å². The van der Waals surface area contributed by atoms with E-state index < -0.39 is 26.6 Å². The first-order valence-corrected chi connectivity index (χ1v) is 16.1. The number of hydrogen-bond donors (Lipinski definition) is 2. The molecule has 3 aliphatic rings. The fourth-order valence-electron chi connectivity index (χ4n) is 6.04. The summed E-state index contributed by atoms with van der Waals surface area (Å²) in [6.45, 7) is 4.90. The van der Waals surface area contributed by atoms with Gasteiger partial charge in [0.2, 0.25) is 10.0 Å². The fourth-order valence-corrected chi connectivity index (χ4v) is 7.49. The number of aromatic nitrogens is 2. The quantitative estimate of drug-likeness (QED) is 0.373. The minimum atomic E-state index is -4.17. The maximum Gasteiger partial charge on any atom is 0.243 e. The van der Waals surface area contributed by atoms with Crippen LogP contribution in [0.3, 0.4) is 0 Å². The number of ether oxygens (including phenoxy) is 1. The van der Waals surface area contributed by atoms with Crippen LogP contribution in [0, 0.1) is 11.6 Å². The third-order valence-electron chi connectivity index (χ3n) is 8.54. The smallest absolute Gasteiger partial charge is 0.243 e. The molecule has 2 saturated heterocycles. The van der Waals surface area contributed by atoms with Crippen LogP contribution in [0.4, 0.5) is 20.2 Å². The Kier molecular flexibility index (Phi) is 8.49. The Morgan fingerprint density at radius 1 is 1.05 bits per heavy atom. The van der Waals surface area contributed by atoms with Crippen molar-refractivity contribution in [1.29, 1.82) is 0 Å². The molecule has 0 unspecified atom stereocenters. The number of H-pyrrole nitrogens is 1. The molecule has 43 heavy (non-hydrogen) atoms. The number of piperidine rings is 1. The van der Waals surface area contributed by atoms with Crippen molar-refractivity contribution in [3.8, 4) is 0 Å². The molecule has 1 aromatic heterocycles. The van der Waals surface area contributed by atoms with Gasteiger partial charge >= 0.3 is 0 Å². The molecule has 6 rings (SSSR count). The normalized spacial score (nSPS) is 18.9. The Hall–Kier alpha value is -3.39. The van der Waals surface area contributed by atoms with E-state index in [0.29, 0.717) is 42.5 Å². The number of fused-ring (bicyclic) bond motifs is 1. The summed E-state index contributed by atoms with van der Waals surface area (Å²) >= 11 is 0. The lowest BCUT2D eigenvalue weighted by molar-refractivity contribution is 0.0992. The third kappa shape index (κ3) is 6.44. The van der Waals surface area contributed by atoms with Crippen molar-refractivity contribution in [3.05, 3.63) is 70.5 Å². The Morgan fingerprint density at radius 2 is 1.77 bits per heavy atom. The second-order valence-corrected chi connectivity index (χ2v) is 13.4. The molecule has 0 radical (unpaired) electrons. The van der Waals surface area contributed by atoms with Crippen molar-refractivity contribution in [2.45, 2.75) is 43.2 Å². The van der Waals surface area contributed by atoms with Gasteiger partial charge in [0.25, 0.3) is 0 Å². The van der Waals surface area contributed by atoms with Crippen molar-refractivity contribution < 1.29 is 26.7 Å². The van der Waals surface area contributed by atoms with Crippen LogP contribution in [0.5, 0.6) is 0 Å². The van der Waals surface area contributed by atoms with Crippen molar-refractivity contribution >= 4 is 27.2 Å². The number of likely N-dealkylation sites (tertiary alicyclic amines) is 1. The highest BCUT2D eigenvalue weighted by Crippen LogP contribution is 2.30. The fraction of sp³-hybridized carbons (Fsp3) is 0.467. The van der Waals surface area contributed by atoms with Crippen LogP contribution in [-0.2, 0) is 34.1 Å². The zero-order valence-electron chi connectivity index (χ0n) is 24.1. The van der Waals surface area contributed by atoms with Crippen LogP contribution < -0.4 is 10.2 Å². The van der Waals surface area contributed by atoms with Crippen molar-refractivity contribution in [2.24, 2.45) is 0 Å². The van der Waals surface area contributed by atoms with Gasteiger partial charge in [-0.1, -0.05) is 0 Å². The first-order valence-electron chi connectivity index (χ1n) is 14.6. The van der Waals surface area contributed by atoms with Gasteiger partial charge in [0.1, 0.15) is 11.6 Å². The van der Waals surface area contributed by atoms with Crippen LogP contribution in [0.1, 0.15) is 40.2 Å². The number of nitrogens with zero attached hydrogens (tertiary/aromatic N) is 4. The van der Waals surface area contributed by atoms with E-state index in [4.69, 9.17) is 4.74 Å². The SMILES string of the molecule is CN1CCC(Nc2cc(N3CCOCC3)ccc2C(=O)Cc2n[nH]c3c2CN(S(=O)(=O)c2cc(F)cc(F)c2)CC3)CC1. The van der Waals surface area contributed by atoms with Gasteiger partial charge in [0, 0.05) is 72.9 Å². The Bertz CT molecular complexity index is 1580. The van der Waals surface area contributed by atoms with E-state index in [1.165, 1.54) is 4.31 Å². The molecule has 0 saturated carbocycles. The molecule has 0 bridgehead atoms. The lowest BCUT2D eigenvalue weighted by atomic mass is 9.98. The van der Waals surface area contributed by atoms with E-state index in [2.05, 4.69) is 32.4 Å². The second-order valence-electron chi connectivity index (χ2n) is 11.5. The second kappa shape index (κ2) is 12.3. The number of hydrogen-bond acceptors (Lipinski definition) is 8. The molecule has 10 nitrogen and oxygen atoms in total. The van der Waals surface area contributed by atoms with Crippen LogP contribution in [0.25, 0.3) is 0 Å². The number of nitrogens with one attached hydrogen (secondary N) is 2. The van der Waals surface area contributed by atoms with E-state index in [0.717, 1.165) is 68.2 Å². The van der Waals surface area contributed by atoms with Crippen LogP contribution >= 0.6 is 0 Å². The molecule has 0 aliphatic carbocycles. The number of aromatic amines is 1. The number of Topliss-reactive ketones (excluding diaryl/α,β-unsaturated/α-hetero) is 1. The first-order chi connectivity index (χ1) is 20.7. The number of carbonyl (C=O) groups excluding carboxylic acids is 1. The van der Waals surface area contributed by atoms with E-state index >= 15 is 0 Å². The zero-order valence-corrected chi connectivity index (χ0v) is 24.9. The number of morpholine rings is 1. The van der Waals surface area contributed by atoms with Crippen molar-refractivity contribution in [3.63, 3.8) is 0 Å². The molecule has 4 heterocycles. The predicted octanol–water partition coefficient (Wildman–Crippen LogP) is 3.20. The number of rotatable bonds is 8. The summed E-state index contributed by atoms with van der Waals surface area (Å²) in [5.74, 6) is -2.06. The van der Waals surface area contributed by atoms with Gasteiger partial charge < -0.3 is 19.9 Å². The summed E-state index contributed by atoms with van der Waals surface area (Å²) in [6.07, 6.45) is 2.26. The molecule has 0 spiro atoms. The van der Waals surface area contributed by atoms with Gasteiger partial charge in [-0.05, 0) is 63.3 Å². The number of carbonyl (C=O) groups is 1.